The minimum atomic E-state index is -0.620. The van der Waals surface area contributed by atoms with Crippen molar-refractivity contribution in [3.05, 3.63) is 0 Å². The van der Waals surface area contributed by atoms with Crippen molar-refractivity contribution in [2.45, 2.75) is 32.9 Å². The minimum Gasteiger partial charge on any atom is -0.353 e. The molecular formula is C10H20N4O3. The van der Waals surface area contributed by atoms with E-state index < -0.39 is 18.0 Å². The lowest BCUT2D eigenvalue weighted by Crippen LogP contribution is -2.49. The summed E-state index contributed by atoms with van der Waals surface area (Å²) in [6, 6.07) is -1.14. The molecule has 4 N–H and O–H groups in total. The smallest absolute Gasteiger partial charge is 0.321 e. The Morgan fingerprint density at radius 2 is 1.71 bits per heavy atom. The first-order valence-electron chi connectivity index (χ1n) is 5.42. The highest BCUT2D eigenvalue weighted by molar-refractivity contribution is 5.96. The van der Waals surface area contributed by atoms with Gasteiger partial charge in [0.1, 0.15) is 0 Å². The van der Waals surface area contributed by atoms with Crippen LogP contribution >= 0.6 is 0 Å². The van der Waals surface area contributed by atoms with Crippen LogP contribution in [0.4, 0.5) is 4.79 Å². The summed E-state index contributed by atoms with van der Waals surface area (Å²) in [7, 11) is 1.41. The molecule has 7 heteroatoms. The van der Waals surface area contributed by atoms with Gasteiger partial charge >= 0.3 is 6.03 Å². The summed E-state index contributed by atoms with van der Waals surface area (Å²) in [6.07, 6.45) is 0. The molecule has 0 aromatic carbocycles. The van der Waals surface area contributed by atoms with E-state index in [1.54, 1.807) is 6.92 Å². The quantitative estimate of drug-likeness (QED) is 0.495. The van der Waals surface area contributed by atoms with E-state index in [1.807, 2.05) is 13.8 Å². The van der Waals surface area contributed by atoms with E-state index in [0.717, 1.165) is 0 Å². The van der Waals surface area contributed by atoms with Crippen molar-refractivity contribution in [3.8, 4) is 0 Å². The van der Waals surface area contributed by atoms with Gasteiger partial charge in [0.15, 0.2) is 0 Å². The van der Waals surface area contributed by atoms with E-state index in [1.165, 1.54) is 7.05 Å². The largest absolute Gasteiger partial charge is 0.353 e. The second-order valence-electron chi connectivity index (χ2n) is 3.89. The highest BCUT2D eigenvalue weighted by Crippen LogP contribution is 1.82. The SMILES string of the molecule is CNC(=O)NC(=O)C(C)NCC(=O)NC(C)C. The molecule has 17 heavy (non-hydrogen) atoms. The lowest BCUT2D eigenvalue weighted by atomic mass is 10.3. The van der Waals surface area contributed by atoms with Crippen LogP contribution in [0.2, 0.25) is 0 Å². The molecule has 4 amide bonds. The van der Waals surface area contributed by atoms with Crippen LogP contribution in [0.15, 0.2) is 0 Å². The summed E-state index contributed by atoms with van der Waals surface area (Å²) in [5.41, 5.74) is 0. The maximum absolute atomic E-state index is 11.4. The van der Waals surface area contributed by atoms with Crippen molar-refractivity contribution >= 4 is 17.8 Å². The van der Waals surface area contributed by atoms with Gasteiger partial charge in [-0.1, -0.05) is 0 Å². The number of hydrogen-bond donors (Lipinski definition) is 4. The van der Waals surface area contributed by atoms with Crippen molar-refractivity contribution < 1.29 is 14.4 Å². The number of amides is 4. The Morgan fingerprint density at radius 1 is 1.12 bits per heavy atom. The molecule has 98 valence electrons. The zero-order valence-electron chi connectivity index (χ0n) is 10.6. The fraction of sp³-hybridized carbons (Fsp3) is 0.700. The predicted molar refractivity (Wildman–Crippen MR) is 63.3 cm³/mol. The molecule has 0 bridgehead atoms. The molecule has 0 saturated carbocycles. The average molecular weight is 244 g/mol. The zero-order chi connectivity index (χ0) is 13.4. The molecule has 0 heterocycles. The lowest BCUT2D eigenvalue weighted by Gasteiger charge is -2.14. The van der Waals surface area contributed by atoms with E-state index in [4.69, 9.17) is 0 Å². The first-order valence-corrected chi connectivity index (χ1v) is 5.42. The molecular weight excluding hydrogens is 224 g/mol. The maximum atomic E-state index is 11.4. The van der Waals surface area contributed by atoms with Crippen LogP contribution in [0.3, 0.4) is 0 Å². The second kappa shape index (κ2) is 7.61. The van der Waals surface area contributed by atoms with Crippen LogP contribution < -0.4 is 21.3 Å². The molecule has 1 unspecified atom stereocenters. The maximum Gasteiger partial charge on any atom is 0.321 e. The molecule has 0 aliphatic carbocycles. The van der Waals surface area contributed by atoms with Crippen LogP contribution in [0.5, 0.6) is 0 Å². The van der Waals surface area contributed by atoms with Crippen LogP contribution in [-0.4, -0.2) is 43.5 Å². The van der Waals surface area contributed by atoms with Gasteiger partial charge in [-0.3, -0.25) is 20.2 Å². The first kappa shape index (κ1) is 15.4. The zero-order valence-corrected chi connectivity index (χ0v) is 10.6. The van der Waals surface area contributed by atoms with Crippen molar-refractivity contribution in [2.75, 3.05) is 13.6 Å². The van der Waals surface area contributed by atoms with Gasteiger partial charge in [-0.15, -0.1) is 0 Å². The number of urea groups is 1. The number of imide groups is 1. The van der Waals surface area contributed by atoms with E-state index in [-0.39, 0.29) is 18.5 Å². The minimum absolute atomic E-state index is 0.0283. The summed E-state index contributed by atoms with van der Waals surface area (Å²) in [5, 5.41) is 9.76. The summed E-state index contributed by atoms with van der Waals surface area (Å²) in [5.74, 6) is -0.679. The predicted octanol–water partition coefficient (Wildman–Crippen LogP) is -1.06. The Balaban J connectivity index is 3.93. The third kappa shape index (κ3) is 7.29. The van der Waals surface area contributed by atoms with E-state index in [0.29, 0.717) is 0 Å². The number of nitrogens with one attached hydrogen (secondary N) is 4. The molecule has 0 rings (SSSR count). The van der Waals surface area contributed by atoms with E-state index in [2.05, 4.69) is 21.3 Å². The molecule has 0 radical (unpaired) electrons. The van der Waals surface area contributed by atoms with Crippen molar-refractivity contribution in [3.63, 3.8) is 0 Å². The van der Waals surface area contributed by atoms with Gasteiger partial charge in [0, 0.05) is 13.1 Å². The molecule has 7 nitrogen and oxygen atoms in total. The number of carbonyl (C=O) groups is 3. The van der Waals surface area contributed by atoms with Crippen LogP contribution in [0.1, 0.15) is 20.8 Å². The molecule has 0 spiro atoms. The fourth-order valence-electron chi connectivity index (χ4n) is 0.994. The number of hydrogen-bond acceptors (Lipinski definition) is 4. The van der Waals surface area contributed by atoms with Crippen molar-refractivity contribution in [1.29, 1.82) is 0 Å². The number of rotatable bonds is 5. The van der Waals surface area contributed by atoms with Gasteiger partial charge in [0.2, 0.25) is 11.8 Å². The van der Waals surface area contributed by atoms with Crippen LogP contribution in [-0.2, 0) is 9.59 Å². The molecule has 0 fully saturated rings. The van der Waals surface area contributed by atoms with Gasteiger partial charge in [-0.25, -0.2) is 4.79 Å². The third-order valence-corrected chi connectivity index (χ3v) is 1.88. The highest BCUT2D eigenvalue weighted by atomic mass is 16.2. The normalized spacial score (nSPS) is 11.8. The van der Waals surface area contributed by atoms with Gasteiger partial charge in [-0.05, 0) is 20.8 Å². The van der Waals surface area contributed by atoms with Crippen molar-refractivity contribution in [1.82, 2.24) is 21.3 Å². The van der Waals surface area contributed by atoms with Gasteiger partial charge < -0.3 is 10.6 Å². The number of carbonyl (C=O) groups excluding carboxylic acids is 3. The topological polar surface area (TPSA) is 99.3 Å². The second-order valence-corrected chi connectivity index (χ2v) is 3.89. The Hall–Kier alpha value is -1.63. The van der Waals surface area contributed by atoms with Crippen LogP contribution in [0.25, 0.3) is 0 Å². The summed E-state index contributed by atoms with van der Waals surface area (Å²) in [6.45, 7) is 5.29. The Kier molecular flexibility index (Phi) is 6.88. The lowest BCUT2D eigenvalue weighted by molar-refractivity contribution is -0.122. The molecule has 1 atom stereocenters. The van der Waals surface area contributed by atoms with E-state index in [9.17, 15) is 14.4 Å². The summed E-state index contributed by atoms with van der Waals surface area (Å²) >= 11 is 0. The molecule has 0 aliphatic heterocycles. The monoisotopic (exact) mass is 244 g/mol. The van der Waals surface area contributed by atoms with Crippen LogP contribution in [0, 0.1) is 0 Å². The van der Waals surface area contributed by atoms with Gasteiger partial charge in [-0.2, -0.15) is 0 Å². The Labute approximate surface area is 101 Å². The van der Waals surface area contributed by atoms with Crippen molar-refractivity contribution in [2.24, 2.45) is 0 Å². The van der Waals surface area contributed by atoms with Gasteiger partial charge in [0.25, 0.3) is 0 Å². The fourth-order valence-corrected chi connectivity index (χ4v) is 0.994. The Morgan fingerprint density at radius 3 is 2.18 bits per heavy atom. The summed E-state index contributed by atoms with van der Waals surface area (Å²) < 4.78 is 0. The summed E-state index contributed by atoms with van der Waals surface area (Å²) in [4.78, 5) is 33.5. The first-order chi connectivity index (χ1) is 7.86. The third-order valence-electron chi connectivity index (χ3n) is 1.88. The van der Waals surface area contributed by atoms with Gasteiger partial charge in [0.05, 0.1) is 12.6 Å². The molecule has 0 aromatic rings. The molecule has 0 saturated heterocycles. The average Bonchev–Trinajstić information content (AvgIpc) is 2.24. The highest BCUT2D eigenvalue weighted by Gasteiger charge is 2.15. The molecule has 0 aromatic heterocycles. The molecule has 0 aliphatic rings. The van der Waals surface area contributed by atoms with E-state index >= 15 is 0 Å². The standard InChI is InChI=1S/C10H20N4O3/c1-6(2)13-8(15)5-12-7(3)9(16)14-10(17)11-4/h6-7,12H,5H2,1-4H3,(H,13,15)(H2,11,14,16,17). The Bertz CT molecular complexity index is 291.